The van der Waals surface area contributed by atoms with Gasteiger partial charge in [0.2, 0.25) is 5.91 Å². The molecular weight excluding hydrogens is 330 g/mol. The molecule has 136 valence electrons. The lowest BCUT2D eigenvalue weighted by Gasteiger charge is -2.16. The van der Waals surface area contributed by atoms with Crippen molar-refractivity contribution in [3.8, 4) is 5.75 Å². The summed E-state index contributed by atoms with van der Waals surface area (Å²) in [6.45, 7) is 0.726. The maximum atomic E-state index is 12.6. The molecule has 0 aliphatic carbocycles. The van der Waals surface area contributed by atoms with Crippen LogP contribution in [0.1, 0.15) is 23.5 Å². The van der Waals surface area contributed by atoms with Crippen LogP contribution in [0.5, 0.6) is 5.75 Å². The summed E-state index contributed by atoms with van der Waals surface area (Å²) in [6, 6.07) is 17.2. The highest BCUT2D eigenvalue weighted by Gasteiger charge is 2.40. The minimum Gasteiger partial charge on any atom is -0.497 e. The summed E-state index contributed by atoms with van der Waals surface area (Å²) in [6.07, 6.45) is 0.974. The Morgan fingerprint density at radius 3 is 2.58 bits per heavy atom. The van der Waals surface area contributed by atoms with Crippen LogP contribution in [0.25, 0.3) is 0 Å². The van der Waals surface area contributed by atoms with Crippen molar-refractivity contribution in [2.45, 2.75) is 18.8 Å². The van der Waals surface area contributed by atoms with Gasteiger partial charge in [-0.2, -0.15) is 0 Å². The van der Waals surface area contributed by atoms with Crippen molar-refractivity contribution in [1.82, 2.24) is 4.90 Å². The van der Waals surface area contributed by atoms with Crippen LogP contribution in [0.4, 0.5) is 0 Å². The number of rotatable bonds is 6. The van der Waals surface area contributed by atoms with Gasteiger partial charge in [-0.25, -0.2) is 0 Å². The third kappa shape index (κ3) is 4.04. The molecule has 1 aliphatic heterocycles. The van der Waals surface area contributed by atoms with Gasteiger partial charge in [-0.3, -0.25) is 9.59 Å². The lowest BCUT2D eigenvalue weighted by atomic mass is 9.89. The summed E-state index contributed by atoms with van der Waals surface area (Å²) in [5.74, 6) is -0.793. The van der Waals surface area contributed by atoms with Gasteiger partial charge >= 0.3 is 5.97 Å². The van der Waals surface area contributed by atoms with Gasteiger partial charge in [0.25, 0.3) is 0 Å². The number of carbonyl (C=O) groups is 2. The van der Waals surface area contributed by atoms with Gasteiger partial charge in [0.1, 0.15) is 5.75 Å². The fraction of sp³-hybridized carbons (Fsp3) is 0.333. The number of methoxy groups -OCH3 is 1. The molecule has 2 aromatic rings. The standard InChI is InChI=1S/C21H23NO4/c1-26-17-9-5-6-15(12-17)10-11-20(23)22-13-18(19(14-22)21(24)25)16-7-3-2-4-8-16/h2-9,12,18-19H,10-11,13-14H2,1H3,(H,24,25). The predicted molar refractivity (Wildman–Crippen MR) is 98.2 cm³/mol. The Balaban J connectivity index is 1.65. The first-order valence-corrected chi connectivity index (χ1v) is 8.77. The molecule has 0 saturated carbocycles. The molecule has 1 fully saturated rings. The molecule has 1 aliphatic rings. The molecular formula is C21H23NO4. The number of likely N-dealkylation sites (tertiary alicyclic amines) is 1. The molecule has 5 nitrogen and oxygen atoms in total. The molecule has 1 N–H and O–H groups in total. The Bertz CT molecular complexity index is 775. The lowest BCUT2D eigenvalue weighted by Crippen LogP contribution is -2.30. The topological polar surface area (TPSA) is 66.8 Å². The van der Waals surface area contributed by atoms with Crippen LogP contribution in [0.3, 0.4) is 0 Å². The number of carbonyl (C=O) groups excluding carboxylic acids is 1. The maximum absolute atomic E-state index is 12.6. The Hall–Kier alpha value is -2.82. The highest BCUT2D eigenvalue weighted by molar-refractivity contribution is 5.80. The van der Waals surface area contributed by atoms with E-state index in [1.165, 1.54) is 0 Å². The fourth-order valence-corrected chi connectivity index (χ4v) is 3.53. The number of ether oxygens (including phenoxy) is 1. The first kappa shape index (κ1) is 18.0. The Kier molecular flexibility index (Phi) is 5.56. The van der Waals surface area contributed by atoms with Crippen LogP contribution in [0, 0.1) is 5.92 Å². The number of amides is 1. The molecule has 1 amide bonds. The highest BCUT2D eigenvalue weighted by atomic mass is 16.5. The number of carboxylic acid groups (broad SMARTS) is 1. The number of aryl methyl sites for hydroxylation is 1. The largest absolute Gasteiger partial charge is 0.497 e. The first-order chi connectivity index (χ1) is 12.6. The van der Waals surface area contributed by atoms with Crippen molar-refractivity contribution in [2.24, 2.45) is 5.92 Å². The maximum Gasteiger partial charge on any atom is 0.308 e. The predicted octanol–water partition coefficient (Wildman–Crippen LogP) is 2.95. The summed E-state index contributed by atoms with van der Waals surface area (Å²) >= 11 is 0. The summed E-state index contributed by atoms with van der Waals surface area (Å²) in [7, 11) is 1.62. The van der Waals surface area contributed by atoms with E-state index >= 15 is 0 Å². The van der Waals surface area contributed by atoms with E-state index in [2.05, 4.69) is 0 Å². The van der Waals surface area contributed by atoms with Gasteiger partial charge in [-0.1, -0.05) is 42.5 Å². The van der Waals surface area contributed by atoms with Crippen molar-refractivity contribution >= 4 is 11.9 Å². The van der Waals surface area contributed by atoms with Crippen LogP contribution < -0.4 is 4.74 Å². The molecule has 0 radical (unpaired) electrons. The molecule has 0 bridgehead atoms. The van der Waals surface area contributed by atoms with Crippen LogP contribution in [-0.4, -0.2) is 42.1 Å². The zero-order chi connectivity index (χ0) is 18.5. The SMILES string of the molecule is COc1cccc(CCC(=O)N2CC(C(=O)O)C(c3ccccc3)C2)c1. The Morgan fingerprint density at radius 1 is 1.12 bits per heavy atom. The number of aliphatic carboxylic acids is 1. The molecule has 2 aromatic carbocycles. The molecule has 0 spiro atoms. The zero-order valence-electron chi connectivity index (χ0n) is 14.8. The van der Waals surface area contributed by atoms with E-state index in [0.29, 0.717) is 19.4 Å². The van der Waals surface area contributed by atoms with Gasteiger partial charge in [-0.15, -0.1) is 0 Å². The van der Waals surface area contributed by atoms with Gasteiger partial charge in [0.05, 0.1) is 13.0 Å². The lowest BCUT2D eigenvalue weighted by molar-refractivity contribution is -0.141. The summed E-state index contributed by atoms with van der Waals surface area (Å²) < 4.78 is 5.20. The number of carboxylic acids is 1. The van der Waals surface area contributed by atoms with E-state index in [9.17, 15) is 14.7 Å². The molecule has 1 saturated heterocycles. The second kappa shape index (κ2) is 8.04. The van der Waals surface area contributed by atoms with Crippen molar-refractivity contribution in [3.63, 3.8) is 0 Å². The molecule has 2 unspecified atom stereocenters. The fourth-order valence-electron chi connectivity index (χ4n) is 3.53. The minimum atomic E-state index is -0.845. The quantitative estimate of drug-likeness (QED) is 0.867. The van der Waals surface area contributed by atoms with Crippen LogP contribution in [0.2, 0.25) is 0 Å². The van der Waals surface area contributed by atoms with E-state index in [1.54, 1.807) is 12.0 Å². The van der Waals surface area contributed by atoms with E-state index in [-0.39, 0.29) is 18.4 Å². The van der Waals surface area contributed by atoms with E-state index in [4.69, 9.17) is 4.74 Å². The minimum absolute atomic E-state index is 0.00231. The average molecular weight is 353 g/mol. The van der Waals surface area contributed by atoms with Gasteiger partial charge in [-0.05, 0) is 29.7 Å². The third-order valence-corrected chi connectivity index (χ3v) is 4.98. The molecule has 5 heteroatoms. The van der Waals surface area contributed by atoms with Gasteiger partial charge < -0.3 is 14.7 Å². The van der Waals surface area contributed by atoms with E-state index < -0.39 is 11.9 Å². The van der Waals surface area contributed by atoms with E-state index in [1.807, 2.05) is 54.6 Å². The number of hydrogen-bond donors (Lipinski definition) is 1. The Labute approximate surface area is 153 Å². The zero-order valence-corrected chi connectivity index (χ0v) is 14.8. The molecule has 26 heavy (non-hydrogen) atoms. The molecule has 0 aromatic heterocycles. The van der Waals surface area contributed by atoms with Crippen molar-refractivity contribution in [1.29, 1.82) is 0 Å². The average Bonchev–Trinajstić information content (AvgIpc) is 3.13. The second-order valence-electron chi connectivity index (χ2n) is 6.61. The Morgan fingerprint density at radius 2 is 1.88 bits per heavy atom. The molecule has 1 heterocycles. The van der Waals surface area contributed by atoms with E-state index in [0.717, 1.165) is 16.9 Å². The number of nitrogens with zero attached hydrogens (tertiary/aromatic N) is 1. The third-order valence-electron chi connectivity index (χ3n) is 4.98. The summed E-state index contributed by atoms with van der Waals surface area (Å²) in [5.41, 5.74) is 2.01. The van der Waals surface area contributed by atoms with Crippen LogP contribution >= 0.6 is 0 Å². The van der Waals surface area contributed by atoms with Gasteiger partial charge in [0.15, 0.2) is 0 Å². The highest BCUT2D eigenvalue weighted by Crippen LogP contribution is 2.33. The monoisotopic (exact) mass is 353 g/mol. The molecule has 3 rings (SSSR count). The van der Waals surface area contributed by atoms with Gasteiger partial charge in [0, 0.05) is 25.4 Å². The smallest absolute Gasteiger partial charge is 0.308 e. The second-order valence-corrected chi connectivity index (χ2v) is 6.61. The number of hydrogen-bond acceptors (Lipinski definition) is 3. The van der Waals surface area contributed by atoms with Crippen LogP contribution in [0.15, 0.2) is 54.6 Å². The van der Waals surface area contributed by atoms with Crippen LogP contribution in [-0.2, 0) is 16.0 Å². The van der Waals surface area contributed by atoms with Crippen molar-refractivity contribution < 1.29 is 19.4 Å². The number of benzene rings is 2. The first-order valence-electron chi connectivity index (χ1n) is 8.77. The summed E-state index contributed by atoms with van der Waals surface area (Å²) in [4.78, 5) is 26.0. The normalized spacial score (nSPS) is 19.3. The molecule has 2 atom stereocenters. The van der Waals surface area contributed by atoms with Crippen molar-refractivity contribution in [2.75, 3.05) is 20.2 Å². The van der Waals surface area contributed by atoms with Crippen molar-refractivity contribution in [3.05, 3.63) is 65.7 Å². The summed E-state index contributed by atoms with van der Waals surface area (Å²) in [5, 5.41) is 9.56.